The van der Waals surface area contributed by atoms with Crippen LogP contribution in [0.3, 0.4) is 0 Å². The van der Waals surface area contributed by atoms with Crippen molar-refractivity contribution >= 4 is 28.9 Å². The lowest BCUT2D eigenvalue weighted by Crippen LogP contribution is -2.30. The third kappa shape index (κ3) is 6.28. The first-order valence-electron chi connectivity index (χ1n) is 9.88. The summed E-state index contributed by atoms with van der Waals surface area (Å²) >= 11 is 6.26. The maximum Gasteiger partial charge on any atom is 0.416 e. The number of aromatic nitrogens is 4. The highest BCUT2D eigenvalue weighted by Gasteiger charge is 2.31. The molecule has 3 heterocycles. The van der Waals surface area contributed by atoms with Crippen LogP contribution in [0.15, 0.2) is 54.2 Å². The van der Waals surface area contributed by atoms with E-state index in [4.69, 9.17) is 16.4 Å². The summed E-state index contributed by atoms with van der Waals surface area (Å²) in [5, 5.41) is 8.17. The molecule has 0 unspecified atom stereocenters. The van der Waals surface area contributed by atoms with Gasteiger partial charge in [0.2, 0.25) is 11.8 Å². The van der Waals surface area contributed by atoms with Crippen molar-refractivity contribution in [2.24, 2.45) is 5.16 Å². The molecule has 0 radical (unpaired) electrons. The van der Waals surface area contributed by atoms with Crippen molar-refractivity contribution in [2.45, 2.75) is 32.9 Å². The summed E-state index contributed by atoms with van der Waals surface area (Å²) in [6, 6.07) is 5.15. The first-order valence-corrected chi connectivity index (χ1v) is 10.3. The summed E-state index contributed by atoms with van der Waals surface area (Å²) < 4.78 is 39.8. The Kier molecular flexibility index (Phi) is 7.64. The maximum atomic E-state index is 12.8. The van der Waals surface area contributed by atoms with Gasteiger partial charge in [0.15, 0.2) is 5.15 Å². The Morgan fingerprint density at radius 2 is 2.06 bits per heavy atom. The van der Waals surface area contributed by atoms with E-state index in [1.165, 1.54) is 9.58 Å². The number of hydrogen-bond donors (Lipinski definition) is 0. The van der Waals surface area contributed by atoms with Crippen molar-refractivity contribution in [2.75, 3.05) is 11.4 Å². The van der Waals surface area contributed by atoms with Crippen LogP contribution in [0.25, 0.3) is 5.69 Å². The molecular weight excluding hydrogens is 461 g/mol. The van der Waals surface area contributed by atoms with Crippen molar-refractivity contribution in [1.82, 2.24) is 19.7 Å². The normalized spacial score (nSPS) is 12.0. The second-order valence-corrected chi connectivity index (χ2v) is 7.26. The van der Waals surface area contributed by atoms with E-state index in [1.807, 2.05) is 0 Å². The van der Waals surface area contributed by atoms with E-state index in [0.717, 1.165) is 18.3 Å². The number of carbonyl (C=O) groups excluding carboxylic acids is 1. The largest absolute Gasteiger partial charge is 0.416 e. The number of amides is 1. The molecule has 3 rings (SSSR count). The number of pyridine rings is 2. The molecule has 0 aromatic carbocycles. The second-order valence-electron chi connectivity index (χ2n) is 6.90. The van der Waals surface area contributed by atoms with Crippen LogP contribution in [-0.4, -0.2) is 37.9 Å². The molecule has 12 heteroatoms. The van der Waals surface area contributed by atoms with Gasteiger partial charge in [0, 0.05) is 31.4 Å². The number of anilines is 1. The van der Waals surface area contributed by atoms with Crippen LogP contribution in [0.5, 0.6) is 5.88 Å². The lowest BCUT2D eigenvalue weighted by atomic mass is 10.2. The average Bonchev–Trinajstić information content (AvgIpc) is 3.18. The molecule has 3 aromatic heterocycles. The van der Waals surface area contributed by atoms with Gasteiger partial charge in [-0.2, -0.15) is 18.3 Å². The standard InChI is InChI=1S/C21H20ClF3N6O2/c1-3-30(17-13-31(28-20(17)22)16-5-4-9-26-12-16)19(32)7-6-14(2)29-33-18-11-15(8-10-27-18)21(23,24)25/h4-5,8-13H,3,6-7H2,1-2H3/b29-14+. The van der Waals surface area contributed by atoms with Crippen LogP contribution in [0.2, 0.25) is 5.15 Å². The summed E-state index contributed by atoms with van der Waals surface area (Å²) in [7, 11) is 0. The van der Waals surface area contributed by atoms with Gasteiger partial charge in [0.05, 0.1) is 29.4 Å². The molecule has 174 valence electrons. The molecule has 0 fully saturated rings. The highest BCUT2D eigenvalue weighted by atomic mass is 35.5. The zero-order valence-corrected chi connectivity index (χ0v) is 18.5. The Hall–Kier alpha value is -3.47. The Morgan fingerprint density at radius 1 is 1.27 bits per heavy atom. The van der Waals surface area contributed by atoms with Crippen LogP contribution >= 0.6 is 11.6 Å². The summed E-state index contributed by atoms with van der Waals surface area (Å²) in [6.07, 6.45) is 1.67. The average molecular weight is 481 g/mol. The smallest absolute Gasteiger partial charge is 0.337 e. The minimum absolute atomic E-state index is 0.0803. The fourth-order valence-electron chi connectivity index (χ4n) is 2.86. The van der Waals surface area contributed by atoms with E-state index in [1.54, 1.807) is 44.6 Å². The molecule has 0 spiro atoms. The number of oxime groups is 1. The van der Waals surface area contributed by atoms with Crippen LogP contribution in [0.4, 0.5) is 18.9 Å². The Labute approximate surface area is 192 Å². The summed E-state index contributed by atoms with van der Waals surface area (Å²) in [6.45, 7) is 3.77. The minimum atomic E-state index is -4.51. The van der Waals surface area contributed by atoms with Gasteiger partial charge in [-0.25, -0.2) is 9.67 Å². The van der Waals surface area contributed by atoms with Gasteiger partial charge in [0.1, 0.15) is 5.69 Å². The molecule has 0 bridgehead atoms. The second kappa shape index (κ2) is 10.4. The van der Waals surface area contributed by atoms with Gasteiger partial charge < -0.3 is 9.74 Å². The minimum Gasteiger partial charge on any atom is -0.337 e. The summed E-state index contributed by atoms with van der Waals surface area (Å²) in [5.41, 5.74) is 0.665. The fraction of sp³-hybridized carbons (Fsp3) is 0.286. The number of rotatable bonds is 8. The zero-order chi connectivity index (χ0) is 24.0. The lowest BCUT2D eigenvalue weighted by Gasteiger charge is -2.19. The number of halogens is 4. The van der Waals surface area contributed by atoms with Crippen molar-refractivity contribution in [3.05, 3.63) is 59.8 Å². The SMILES string of the molecule is CCN(C(=O)CC/C(C)=N/Oc1cc(C(F)(F)F)ccn1)c1cn(-c2cccnc2)nc1Cl. The Morgan fingerprint density at radius 3 is 2.73 bits per heavy atom. The van der Waals surface area contributed by atoms with Crippen molar-refractivity contribution in [3.8, 4) is 11.6 Å². The van der Waals surface area contributed by atoms with Crippen molar-refractivity contribution < 1.29 is 22.8 Å². The summed E-state index contributed by atoms with van der Waals surface area (Å²) in [4.78, 5) is 27.0. The maximum absolute atomic E-state index is 12.8. The Balaban J connectivity index is 1.63. The molecular formula is C21H20ClF3N6O2. The quantitative estimate of drug-likeness (QED) is 0.337. The van der Waals surface area contributed by atoms with E-state index in [9.17, 15) is 18.0 Å². The van der Waals surface area contributed by atoms with Gasteiger partial charge in [-0.1, -0.05) is 16.8 Å². The van der Waals surface area contributed by atoms with Crippen LogP contribution in [0, 0.1) is 0 Å². The van der Waals surface area contributed by atoms with E-state index < -0.39 is 11.7 Å². The topological polar surface area (TPSA) is 85.5 Å². The first-order chi connectivity index (χ1) is 15.7. The molecule has 3 aromatic rings. The van der Waals surface area contributed by atoms with Gasteiger partial charge >= 0.3 is 6.18 Å². The number of nitrogens with zero attached hydrogens (tertiary/aromatic N) is 6. The van der Waals surface area contributed by atoms with Crippen molar-refractivity contribution in [3.63, 3.8) is 0 Å². The molecule has 0 N–H and O–H groups in total. The first kappa shape index (κ1) is 24.2. The molecule has 0 aliphatic rings. The van der Waals surface area contributed by atoms with Crippen LogP contribution in [-0.2, 0) is 11.0 Å². The van der Waals surface area contributed by atoms with Gasteiger partial charge in [-0.3, -0.25) is 9.78 Å². The molecule has 0 aliphatic heterocycles. The van der Waals surface area contributed by atoms with Gasteiger partial charge in [0.25, 0.3) is 0 Å². The van der Waals surface area contributed by atoms with E-state index in [-0.39, 0.29) is 29.8 Å². The molecule has 0 atom stereocenters. The highest BCUT2D eigenvalue weighted by Crippen LogP contribution is 2.30. The van der Waals surface area contributed by atoms with Crippen LogP contribution < -0.4 is 9.74 Å². The van der Waals surface area contributed by atoms with E-state index in [0.29, 0.717) is 23.6 Å². The monoisotopic (exact) mass is 480 g/mol. The predicted octanol–water partition coefficient (Wildman–Crippen LogP) is 4.92. The predicted molar refractivity (Wildman–Crippen MR) is 117 cm³/mol. The molecule has 8 nitrogen and oxygen atoms in total. The molecule has 0 saturated heterocycles. The number of carbonyl (C=O) groups is 1. The molecule has 0 saturated carbocycles. The molecule has 1 amide bonds. The fourth-order valence-corrected chi connectivity index (χ4v) is 3.09. The van der Waals surface area contributed by atoms with Crippen molar-refractivity contribution in [1.29, 1.82) is 0 Å². The van der Waals surface area contributed by atoms with E-state index in [2.05, 4.69) is 20.2 Å². The number of hydrogen-bond acceptors (Lipinski definition) is 6. The zero-order valence-electron chi connectivity index (χ0n) is 17.8. The lowest BCUT2D eigenvalue weighted by molar-refractivity contribution is -0.137. The summed E-state index contributed by atoms with van der Waals surface area (Å²) in [5.74, 6) is -0.517. The van der Waals surface area contributed by atoms with Crippen LogP contribution in [0.1, 0.15) is 32.3 Å². The Bertz CT molecular complexity index is 1130. The third-order valence-corrected chi connectivity index (χ3v) is 4.80. The number of alkyl halides is 3. The van der Waals surface area contributed by atoms with E-state index >= 15 is 0 Å². The third-order valence-electron chi connectivity index (χ3n) is 4.53. The highest BCUT2D eigenvalue weighted by molar-refractivity contribution is 6.32. The van der Waals surface area contributed by atoms with Gasteiger partial charge in [-0.05, 0) is 38.5 Å². The molecule has 0 aliphatic carbocycles. The van der Waals surface area contributed by atoms with Gasteiger partial charge in [-0.15, -0.1) is 0 Å². The molecule has 33 heavy (non-hydrogen) atoms.